The Kier molecular flexibility index (Phi) is 6.40. The summed E-state index contributed by atoms with van der Waals surface area (Å²) < 4.78 is 5.42. The monoisotopic (exact) mass is 304 g/mol. The Morgan fingerprint density at radius 1 is 1.18 bits per heavy atom. The van der Waals surface area contributed by atoms with E-state index in [4.69, 9.17) is 10.6 Å². The van der Waals surface area contributed by atoms with Crippen LogP contribution in [0.2, 0.25) is 0 Å². The third-order valence-corrected chi connectivity index (χ3v) is 4.62. The van der Waals surface area contributed by atoms with Crippen molar-refractivity contribution in [2.75, 3.05) is 0 Å². The molecule has 4 atom stereocenters. The highest BCUT2D eigenvalue weighted by Crippen LogP contribution is 2.33. The molecule has 1 saturated carbocycles. The van der Waals surface area contributed by atoms with Gasteiger partial charge in [-0.05, 0) is 42.6 Å². The number of hydrazine groups is 1. The van der Waals surface area contributed by atoms with E-state index in [0.29, 0.717) is 24.9 Å². The van der Waals surface area contributed by atoms with Crippen LogP contribution in [0.15, 0.2) is 30.3 Å². The van der Waals surface area contributed by atoms with E-state index < -0.39 is 0 Å². The zero-order valence-electron chi connectivity index (χ0n) is 13.6. The summed E-state index contributed by atoms with van der Waals surface area (Å²) in [4.78, 5) is 12.2. The average molecular weight is 304 g/mol. The molecular formula is C18H28N2O2. The topological polar surface area (TPSA) is 64.3 Å². The van der Waals surface area contributed by atoms with Crippen molar-refractivity contribution < 1.29 is 9.53 Å². The minimum absolute atomic E-state index is 0.129. The first-order valence-electron chi connectivity index (χ1n) is 8.24. The molecule has 0 spiro atoms. The molecule has 0 radical (unpaired) electrons. The normalized spacial score (nSPS) is 28.9. The Morgan fingerprint density at radius 2 is 1.86 bits per heavy atom. The highest BCUT2D eigenvalue weighted by molar-refractivity contribution is 5.69. The van der Waals surface area contributed by atoms with Crippen molar-refractivity contribution in [1.29, 1.82) is 0 Å². The summed E-state index contributed by atoms with van der Waals surface area (Å²) in [7, 11) is 0. The molecule has 3 N–H and O–H groups in total. The number of nitrogens with two attached hydrogens (primary N) is 1. The van der Waals surface area contributed by atoms with Gasteiger partial charge < -0.3 is 4.74 Å². The number of carbonyl (C=O) groups excluding carboxylic acids is 1. The second kappa shape index (κ2) is 8.30. The maximum atomic E-state index is 12.2. The van der Waals surface area contributed by atoms with E-state index in [1.54, 1.807) is 0 Å². The molecule has 0 bridgehead atoms. The summed E-state index contributed by atoms with van der Waals surface area (Å²) in [6.45, 7) is 4.87. The standard InChI is InChI=1S/C18H28N2O2/c1-13-8-14(2)10-17(20-19)16(9-13)11-18(21)22-12-15-6-4-3-5-7-15/h3-7,13-14,16-17,20H,8-12,19H2,1-2H3/t13-,14?,16?,17?/m1/s1. The Bertz CT molecular complexity index is 463. The molecule has 0 amide bonds. The molecule has 0 aromatic heterocycles. The zero-order chi connectivity index (χ0) is 15.9. The van der Waals surface area contributed by atoms with Crippen molar-refractivity contribution in [1.82, 2.24) is 5.43 Å². The van der Waals surface area contributed by atoms with E-state index in [0.717, 1.165) is 18.4 Å². The van der Waals surface area contributed by atoms with Gasteiger partial charge in [0.15, 0.2) is 0 Å². The maximum absolute atomic E-state index is 12.2. The Hall–Kier alpha value is -1.39. The van der Waals surface area contributed by atoms with Gasteiger partial charge in [0.25, 0.3) is 0 Å². The lowest BCUT2D eigenvalue weighted by Crippen LogP contribution is -2.42. The van der Waals surface area contributed by atoms with Crippen molar-refractivity contribution in [3.8, 4) is 0 Å². The largest absolute Gasteiger partial charge is 0.461 e. The lowest BCUT2D eigenvalue weighted by Gasteiger charge is -2.25. The quantitative estimate of drug-likeness (QED) is 0.380. The molecule has 1 aromatic rings. The van der Waals surface area contributed by atoms with Gasteiger partial charge in [0, 0.05) is 12.5 Å². The van der Waals surface area contributed by atoms with Crippen LogP contribution in [0.5, 0.6) is 0 Å². The number of esters is 1. The summed E-state index contributed by atoms with van der Waals surface area (Å²) in [6, 6.07) is 9.98. The highest BCUT2D eigenvalue weighted by atomic mass is 16.5. The fraction of sp³-hybridized carbons (Fsp3) is 0.611. The first kappa shape index (κ1) is 17.0. The van der Waals surface area contributed by atoms with Gasteiger partial charge in [-0.3, -0.25) is 16.1 Å². The molecule has 0 aliphatic heterocycles. The van der Waals surface area contributed by atoms with Crippen molar-refractivity contribution in [2.45, 2.75) is 52.2 Å². The lowest BCUT2D eigenvalue weighted by atomic mass is 9.89. The summed E-state index contributed by atoms with van der Waals surface area (Å²) >= 11 is 0. The molecule has 0 saturated heterocycles. The Balaban J connectivity index is 1.88. The van der Waals surface area contributed by atoms with E-state index in [2.05, 4.69) is 19.3 Å². The minimum atomic E-state index is -0.129. The van der Waals surface area contributed by atoms with Crippen LogP contribution < -0.4 is 11.3 Å². The van der Waals surface area contributed by atoms with Gasteiger partial charge in [0.05, 0.1) is 0 Å². The van der Waals surface area contributed by atoms with E-state index in [1.807, 2.05) is 30.3 Å². The number of ether oxygens (including phenoxy) is 1. The third-order valence-electron chi connectivity index (χ3n) is 4.62. The molecule has 122 valence electrons. The van der Waals surface area contributed by atoms with E-state index in [9.17, 15) is 4.79 Å². The van der Waals surface area contributed by atoms with Gasteiger partial charge in [-0.2, -0.15) is 0 Å². The summed E-state index contributed by atoms with van der Waals surface area (Å²) in [6.07, 6.45) is 3.70. The minimum Gasteiger partial charge on any atom is -0.461 e. The maximum Gasteiger partial charge on any atom is 0.306 e. The van der Waals surface area contributed by atoms with Crippen LogP contribution >= 0.6 is 0 Å². The predicted molar refractivity (Wildman–Crippen MR) is 87.6 cm³/mol. The smallest absolute Gasteiger partial charge is 0.306 e. The van der Waals surface area contributed by atoms with Gasteiger partial charge in [-0.15, -0.1) is 0 Å². The van der Waals surface area contributed by atoms with Crippen molar-refractivity contribution in [3.63, 3.8) is 0 Å². The van der Waals surface area contributed by atoms with Crippen LogP contribution in [-0.4, -0.2) is 12.0 Å². The van der Waals surface area contributed by atoms with Gasteiger partial charge in [0.2, 0.25) is 0 Å². The fourth-order valence-electron chi connectivity index (χ4n) is 3.63. The third kappa shape index (κ3) is 5.11. The molecule has 4 heteroatoms. The van der Waals surface area contributed by atoms with Crippen LogP contribution in [0.3, 0.4) is 0 Å². The predicted octanol–water partition coefficient (Wildman–Crippen LogP) is 3.02. The van der Waals surface area contributed by atoms with E-state index in [1.165, 1.54) is 6.42 Å². The molecule has 0 heterocycles. The molecule has 3 unspecified atom stereocenters. The molecule has 4 nitrogen and oxygen atoms in total. The Labute approximate surface area is 133 Å². The summed E-state index contributed by atoms with van der Waals surface area (Å²) in [5.41, 5.74) is 3.94. The molecule has 2 rings (SSSR count). The fourth-order valence-corrected chi connectivity index (χ4v) is 3.63. The average Bonchev–Trinajstić information content (AvgIpc) is 2.63. The second-order valence-corrected chi connectivity index (χ2v) is 6.80. The van der Waals surface area contributed by atoms with Crippen LogP contribution in [0.1, 0.15) is 45.1 Å². The molecular weight excluding hydrogens is 276 g/mol. The molecule has 1 fully saturated rings. The number of hydrogen-bond donors (Lipinski definition) is 2. The number of carbonyl (C=O) groups is 1. The van der Waals surface area contributed by atoms with Crippen LogP contribution in [0.4, 0.5) is 0 Å². The number of hydrogen-bond acceptors (Lipinski definition) is 4. The molecule has 1 aliphatic rings. The molecule has 1 aliphatic carbocycles. The van der Waals surface area contributed by atoms with E-state index in [-0.39, 0.29) is 17.9 Å². The summed E-state index contributed by atoms with van der Waals surface area (Å²) in [5.74, 6) is 7.10. The number of nitrogens with one attached hydrogen (secondary N) is 1. The Morgan fingerprint density at radius 3 is 2.55 bits per heavy atom. The zero-order valence-corrected chi connectivity index (χ0v) is 13.6. The molecule has 22 heavy (non-hydrogen) atoms. The van der Waals surface area contributed by atoms with Crippen LogP contribution in [0, 0.1) is 17.8 Å². The highest BCUT2D eigenvalue weighted by Gasteiger charge is 2.30. The number of benzene rings is 1. The molecule has 1 aromatic carbocycles. The van der Waals surface area contributed by atoms with Gasteiger partial charge in [-0.25, -0.2) is 0 Å². The van der Waals surface area contributed by atoms with Crippen molar-refractivity contribution >= 4 is 5.97 Å². The van der Waals surface area contributed by atoms with Crippen molar-refractivity contribution in [2.24, 2.45) is 23.6 Å². The first-order chi connectivity index (χ1) is 10.6. The van der Waals surface area contributed by atoms with Gasteiger partial charge in [0.1, 0.15) is 6.61 Å². The van der Waals surface area contributed by atoms with E-state index >= 15 is 0 Å². The SMILES string of the molecule is CC1CC(NN)C(CC(=O)OCc2ccccc2)C[C@H](C)C1. The van der Waals surface area contributed by atoms with Crippen LogP contribution in [-0.2, 0) is 16.1 Å². The first-order valence-corrected chi connectivity index (χ1v) is 8.24. The summed E-state index contributed by atoms with van der Waals surface area (Å²) in [5, 5.41) is 0. The van der Waals surface area contributed by atoms with Crippen LogP contribution in [0.25, 0.3) is 0 Å². The van der Waals surface area contributed by atoms with Gasteiger partial charge in [-0.1, -0.05) is 44.2 Å². The van der Waals surface area contributed by atoms with Gasteiger partial charge >= 0.3 is 5.97 Å². The second-order valence-electron chi connectivity index (χ2n) is 6.80. The number of rotatable bonds is 5. The lowest BCUT2D eigenvalue weighted by molar-refractivity contribution is -0.146. The van der Waals surface area contributed by atoms with Crippen molar-refractivity contribution in [3.05, 3.63) is 35.9 Å².